The lowest BCUT2D eigenvalue weighted by atomic mass is 9.96. The van der Waals surface area contributed by atoms with Gasteiger partial charge in [-0.3, -0.25) is 19.3 Å². The molecule has 6 heteroatoms. The third-order valence-electron chi connectivity index (χ3n) is 4.64. The molecule has 2 rings (SSSR count). The zero-order chi connectivity index (χ0) is 18.4. The van der Waals surface area contributed by atoms with E-state index in [0.29, 0.717) is 43.8 Å². The Morgan fingerprint density at radius 3 is 2.32 bits per heavy atom. The highest BCUT2D eigenvalue weighted by atomic mass is 16.5. The number of hydrogen-bond acceptors (Lipinski definition) is 5. The van der Waals surface area contributed by atoms with Gasteiger partial charge in [0.25, 0.3) is 0 Å². The number of Topliss-reactive ketones (excluding diaryl/α,β-unsaturated/α-hetero) is 1. The van der Waals surface area contributed by atoms with E-state index in [0.717, 1.165) is 0 Å². The van der Waals surface area contributed by atoms with Crippen molar-refractivity contribution in [3.05, 3.63) is 29.8 Å². The maximum atomic E-state index is 12.4. The van der Waals surface area contributed by atoms with E-state index >= 15 is 0 Å². The second-order valence-corrected chi connectivity index (χ2v) is 6.36. The van der Waals surface area contributed by atoms with Gasteiger partial charge in [-0.05, 0) is 71.0 Å². The summed E-state index contributed by atoms with van der Waals surface area (Å²) in [7, 11) is 0. The van der Waals surface area contributed by atoms with E-state index in [1.54, 1.807) is 24.3 Å². The van der Waals surface area contributed by atoms with Crippen molar-refractivity contribution in [3.63, 3.8) is 0 Å². The first kappa shape index (κ1) is 19.1. The number of hydrogen-bond donors (Lipinski definition) is 1. The molecule has 6 nitrogen and oxygen atoms in total. The maximum Gasteiger partial charge on any atom is 0.309 e. The first-order valence-electron chi connectivity index (χ1n) is 8.75. The maximum absolute atomic E-state index is 12.4. The molecule has 0 bridgehead atoms. The van der Waals surface area contributed by atoms with Crippen molar-refractivity contribution < 1.29 is 19.1 Å². The molecule has 1 saturated heterocycles. The van der Waals surface area contributed by atoms with Crippen LogP contribution in [0.5, 0.6) is 0 Å². The van der Waals surface area contributed by atoms with E-state index in [2.05, 4.69) is 10.2 Å². The predicted molar refractivity (Wildman–Crippen MR) is 95.5 cm³/mol. The molecule has 0 spiro atoms. The van der Waals surface area contributed by atoms with Gasteiger partial charge in [-0.2, -0.15) is 0 Å². The van der Waals surface area contributed by atoms with Crippen LogP contribution in [0.25, 0.3) is 0 Å². The Morgan fingerprint density at radius 1 is 1.20 bits per heavy atom. The number of esters is 1. The number of anilines is 1. The molecule has 1 aliphatic heterocycles. The quantitative estimate of drug-likeness (QED) is 0.633. The van der Waals surface area contributed by atoms with E-state index in [9.17, 15) is 14.4 Å². The SMILES string of the molecule is CCOC(=O)C1CCN([C@H](C)C(=O)Nc2ccc(C(C)=O)cc2)CC1. The Bertz CT molecular complexity index is 619. The third-order valence-corrected chi connectivity index (χ3v) is 4.64. The van der Waals surface area contributed by atoms with Crippen molar-refractivity contribution in [2.24, 2.45) is 5.92 Å². The number of nitrogens with one attached hydrogen (secondary N) is 1. The van der Waals surface area contributed by atoms with Gasteiger partial charge in [0.05, 0.1) is 18.6 Å². The molecule has 1 heterocycles. The summed E-state index contributed by atoms with van der Waals surface area (Å²) in [5.74, 6) is -0.295. The number of likely N-dealkylation sites (tertiary alicyclic amines) is 1. The van der Waals surface area contributed by atoms with Crippen molar-refractivity contribution in [2.75, 3.05) is 25.0 Å². The van der Waals surface area contributed by atoms with Gasteiger partial charge in [-0.1, -0.05) is 0 Å². The van der Waals surface area contributed by atoms with E-state index in [1.165, 1.54) is 6.92 Å². The highest BCUT2D eigenvalue weighted by Crippen LogP contribution is 2.21. The Hall–Kier alpha value is -2.21. The van der Waals surface area contributed by atoms with Gasteiger partial charge in [0.2, 0.25) is 5.91 Å². The number of nitrogens with zero attached hydrogens (tertiary/aromatic N) is 1. The lowest BCUT2D eigenvalue weighted by Crippen LogP contribution is -2.47. The van der Waals surface area contributed by atoms with Gasteiger partial charge in [-0.25, -0.2) is 0 Å². The molecular formula is C19H26N2O4. The van der Waals surface area contributed by atoms with E-state index in [-0.39, 0.29) is 29.6 Å². The third kappa shape index (κ3) is 5.13. The van der Waals surface area contributed by atoms with Gasteiger partial charge in [0, 0.05) is 11.3 Å². The van der Waals surface area contributed by atoms with Crippen LogP contribution in [0.15, 0.2) is 24.3 Å². The molecule has 0 saturated carbocycles. The van der Waals surface area contributed by atoms with Gasteiger partial charge >= 0.3 is 5.97 Å². The molecule has 0 aliphatic carbocycles. The predicted octanol–water partition coefficient (Wildman–Crippen LogP) is 2.49. The monoisotopic (exact) mass is 346 g/mol. The van der Waals surface area contributed by atoms with Crippen LogP contribution >= 0.6 is 0 Å². The molecule has 1 N–H and O–H groups in total. The summed E-state index contributed by atoms with van der Waals surface area (Å²) in [6.45, 7) is 6.98. The number of ether oxygens (including phenoxy) is 1. The van der Waals surface area contributed by atoms with Crippen molar-refractivity contribution >= 4 is 23.3 Å². The number of ketones is 1. The van der Waals surface area contributed by atoms with E-state index in [4.69, 9.17) is 4.74 Å². The first-order chi connectivity index (χ1) is 11.9. The van der Waals surface area contributed by atoms with Crippen LogP contribution in [0.1, 0.15) is 44.0 Å². The normalized spacial score (nSPS) is 16.9. The lowest BCUT2D eigenvalue weighted by Gasteiger charge is -2.34. The fraction of sp³-hybridized carbons (Fsp3) is 0.526. The summed E-state index contributed by atoms with van der Waals surface area (Å²) >= 11 is 0. The minimum Gasteiger partial charge on any atom is -0.466 e. The second-order valence-electron chi connectivity index (χ2n) is 6.36. The molecule has 1 fully saturated rings. The fourth-order valence-electron chi connectivity index (χ4n) is 2.98. The minimum atomic E-state index is -0.282. The van der Waals surface area contributed by atoms with Gasteiger partial charge in [0.15, 0.2) is 5.78 Å². The largest absolute Gasteiger partial charge is 0.466 e. The number of amides is 1. The minimum absolute atomic E-state index is 0.00397. The number of piperidine rings is 1. The number of benzene rings is 1. The zero-order valence-electron chi connectivity index (χ0n) is 15.1. The first-order valence-corrected chi connectivity index (χ1v) is 8.75. The van der Waals surface area contributed by atoms with Crippen LogP contribution in [0, 0.1) is 5.92 Å². The Labute approximate surface area is 148 Å². The summed E-state index contributed by atoms with van der Waals surface area (Å²) in [4.78, 5) is 37.6. The molecule has 0 aromatic heterocycles. The zero-order valence-corrected chi connectivity index (χ0v) is 15.1. The van der Waals surface area contributed by atoms with Gasteiger partial charge in [0.1, 0.15) is 0 Å². The van der Waals surface area contributed by atoms with Crippen molar-refractivity contribution in [3.8, 4) is 0 Å². The van der Waals surface area contributed by atoms with Crippen LogP contribution in [0.2, 0.25) is 0 Å². The molecule has 1 amide bonds. The summed E-state index contributed by atoms with van der Waals surface area (Å²) in [5.41, 5.74) is 1.29. The number of carbonyl (C=O) groups excluding carboxylic acids is 3. The summed E-state index contributed by atoms with van der Waals surface area (Å²) < 4.78 is 5.07. The Morgan fingerprint density at radius 2 is 1.80 bits per heavy atom. The highest BCUT2D eigenvalue weighted by Gasteiger charge is 2.30. The van der Waals surface area contributed by atoms with Gasteiger partial charge < -0.3 is 10.1 Å². The standard InChI is InChI=1S/C19H26N2O4/c1-4-25-19(24)16-9-11-21(12-10-16)13(2)18(23)20-17-7-5-15(6-8-17)14(3)22/h5-8,13,16H,4,9-12H2,1-3H3,(H,20,23)/t13-/m1/s1. The molecule has 136 valence electrons. The molecule has 25 heavy (non-hydrogen) atoms. The molecule has 0 unspecified atom stereocenters. The Balaban J connectivity index is 1.86. The van der Waals surface area contributed by atoms with Crippen LogP contribution in [0.4, 0.5) is 5.69 Å². The fourth-order valence-corrected chi connectivity index (χ4v) is 2.98. The molecule has 0 radical (unpaired) electrons. The van der Waals surface area contributed by atoms with Crippen molar-refractivity contribution in [1.29, 1.82) is 0 Å². The van der Waals surface area contributed by atoms with E-state index in [1.807, 2.05) is 13.8 Å². The van der Waals surface area contributed by atoms with Crippen LogP contribution in [-0.4, -0.2) is 48.3 Å². The lowest BCUT2D eigenvalue weighted by molar-refractivity contribution is -0.149. The summed E-state index contributed by atoms with van der Waals surface area (Å²) in [5, 5.41) is 2.88. The van der Waals surface area contributed by atoms with E-state index < -0.39 is 0 Å². The van der Waals surface area contributed by atoms with Crippen molar-refractivity contribution in [1.82, 2.24) is 4.90 Å². The molecule has 1 aromatic rings. The number of rotatable bonds is 6. The smallest absolute Gasteiger partial charge is 0.309 e. The highest BCUT2D eigenvalue weighted by molar-refractivity contribution is 5.97. The molecule has 1 atom stereocenters. The van der Waals surface area contributed by atoms with Gasteiger partial charge in [-0.15, -0.1) is 0 Å². The van der Waals surface area contributed by atoms with Crippen molar-refractivity contribution in [2.45, 2.75) is 39.7 Å². The topological polar surface area (TPSA) is 75.7 Å². The molecule has 1 aromatic carbocycles. The molecule has 1 aliphatic rings. The summed E-state index contributed by atoms with van der Waals surface area (Å²) in [6.07, 6.45) is 1.42. The summed E-state index contributed by atoms with van der Waals surface area (Å²) in [6, 6.07) is 6.58. The molecular weight excluding hydrogens is 320 g/mol. The average molecular weight is 346 g/mol. The second kappa shape index (κ2) is 8.76. The van der Waals surface area contributed by atoms with Crippen LogP contribution in [-0.2, 0) is 14.3 Å². The van der Waals surface area contributed by atoms with Crippen LogP contribution < -0.4 is 5.32 Å². The Kier molecular flexibility index (Phi) is 6.70. The van der Waals surface area contributed by atoms with Crippen LogP contribution in [0.3, 0.4) is 0 Å². The average Bonchev–Trinajstić information content (AvgIpc) is 2.61. The number of carbonyl (C=O) groups is 3.